The van der Waals surface area contributed by atoms with Crippen LogP contribution in [0.3, 0.4) is 0 Å². The molecule has 0 aliphatic rings. The van der Waals surface area contributed by atoms with Crippen LogP contribution in [0.25, 0.3) is 0 Å². The smallest absolute Gasteiger partial charge is 0.376 e. The van der Waals surface area contributed by atoms with E-state index < -0.39 is 11.8 Å². The van der Waals surface area contributed by atoms with Crippen molar-refractivity contribution in [1.29, 1.82) is 0 Å². The van der Waals surface area contributed by atoms with Crippen LogP contribution in [-0.4, -0.2) is 32.0 Å². The topological polar surface area (TPSA) is 55.4 Å². The monoisotopic (exact) mass is 157 g/mol. The third-order valence-corrected chi connectivity index (χ3v) is 0.897. The minimum atomic E-state index is -0.820. The van der Waals surface area contributed by atoms with Crippen LogP contribution in [0, 0.1) is 0 Å². The van der Waals surface area contributed by atoms with Crippen molar-refractivity contribution in [3.05, 3.63) is 12.7 Å². The molecule has 4 heteroatoms. The molecule has 0 atom stereocenters. The number of nitrogens with one attached hydrogen (secondary N) is 1. The van der Waals surface area contributed by atoms with Crippen LogP contribution in [-0.2, 0) is 14.3 Å². The van der Waals surface area contributed by atoms with E-state index in [1.165, 1.54) is 6.08 Å². The Labute approximate surface area is 65.2 Å². The fraction of sp³-hybridized carbons (Fsp3) is 0.429. The van der Waals surface area contributed by atoms with Crippen LogP contribution < -0.4 is 5.32 Å². The number of rotatable bonds is 5. The highest BCUT2D eigenvalue weighted by molar-refractivity contribution is 6.34. The molecule has 0 radical (unpaired) electrons. The van der Waals surface area contributed by atoms with Crippen LogP contribution >= 0.6 is 0 Å². The van der Waals surface area contributed by atoms with Gasteiger partial charge in [-0.1, -0.05) is 12.7 Å². The van der Waals surface area contributed by atoms with Crippen molar-refractivity contribution in [3.63, 3.8) is 0 Å². The molecule has 1 N–H and O–H groups in total. The summed E-state index contributed by atoms with van der Waals surface area (Å²) < 4.78 is 4.46. The number of likely N-dealkylation sites (N-methyl/N-ethyl adjacent to an activating group) is 1. The number of esters is 1. The second-order valence-electron chi connectivity index (χ2n) is 1.84. The van der Waals surface area contributed by atoms with Crippen molar-refractivity contribution in [3.8, 4) is 0 Å². The van der Waals surface area contributed by atoms with Crippen LogP contribution in [0.5, 0.6) is 0 Å². The SMILES string of the molecule is C=CCOC(=O)C(=O)CNC. The maximum atomic E-state index is 10.7. The van der Waals surface area contributed by atoms with E-state index in [1.807, 2.05) is 0 Å². The first kappa shape index (κ1) is 9.84. The van der Waals surface area contributed by atoms with Gasteiger partial charge in [-0.05, 0) is 7.05 Å². The lowest BCUT2D eigenvalue weighted by Gasteiger charge is -1.98. The van der Waals surface area contributed by atoms with Crippen molar-refractivity contribution in [2.24, 2.45) is 0 Å². The van der Waals surface area contributed by atoms with E-state index in [0.717, 1.165) is 0 Å². The number of ketones is 1. The van der Waals surface area contributed by atoms with E-state index in [4.69, 9.17) is 0 Å². The zero-order valence-electron chi connectivity index (χ0n) is 6.42. The molecule has 0 heterocycles. The summed E-state index contributed by atoms with van der Waals surface area (Å²) in [7, 11) is 1.58. The molecule has 0 spiro atoms. The molecule has 0 fully saturated rings. The average molecular weight is 157 g/mol. The Kier molecular flexibility index (Phi) is 5.02. The summed E-state index contributed by atoms with van der Waals surface area (Å²) >= 11 is 0. The van der Waals surface area contributed by atoms with Gasteiger partial charge >= 0.3 is 5.97 Å². The molecule has 0 saturated carbocycles. The van der Waals surface area contributed by atoms with E-state index in [0.29, 0.717) is 0 Å². The molecule has 0 aromatic heterocycles. The number of carbonyl (C=O) groups excluding carboxylic acids is 2. The summed E-state index contributed by atoms with van der Waals surface area (Å²) in [6.07, 6.45) is 1.41. The molecule has 62 valence electrons. The maximum Gasteiger partial charge on any atom is 0.376 e. The highest BCUT2D eigenvalue weighted by atomic mass is 16.5. The van der Waals surface area contributed by atoms with Gasteiger partial charge in [0.15, 0.2) is 0 Å². The molecular formula is C7H11NO3. The van der Waals surface area contributed by atoms with E-state index >= 15 is 0 Å². The molecule has 11 heavy (non-hydrogen) atoms. The summed E-state index contributed by atoms with van der Waals surface area (Å²) in [5.74, 6) is -1.39. The van der Waals surface area contributed by atoms with E-state index in [9.17, 15) is 9.59 Å². The van der Waals surface area contributed by atoms with E-state index in [2.05, 4.69) is 16.6 Å². The number of hydrogen-bond acceptors (Lipinski definition) is 4. The summed E-state index contributed by atoms with van der Waals surface area (Å²) in [6.45, 7) is 3.42. The van der Waals surface area contributed by atoms with E-state index in [1.54, 1.807) is 7.05 Å². The molecule has 0 aromatic carbocycles. The second kappa shape index (κ2) is 5.61. The quantitative estimate of drug-likeness (QED) is 0.332. The van der Waals surface area contributed by atoms with Gasteiger partial charge in [-0.15, -0.1) is 0 Å². The largest absolute Gasteiger partial charge is 0.456 e. The van der Waals surface area contributed by atoms with Crippen molar-refractivity contribution in [2.75, 3.05) is 20.2 Å². The van der Waals surface area contributed by atoms with Gasteiger partial charge in [-0.25, -0.2) is 4.79 Å². The number of hydrogen-bond donors (Lipinski definition) is 1. The first-order valence-corrected chi connectivity index (χ1v) is 3.17. The summed E-state index contributed by atoms with van der Waals surface area (Å²) in [5.41, 5.74) is 0. The fourth-order valence-electron chi connectivity index (χ4n) is 0.448. The number of carbonyl (C=O) groups is 2. The van der Waals surface area contributed by atoms with Crippen molar-refractivity contribution >= 4 is 11.8 Å². The van der Waals surface area contributed by atoms with Gasteiger partial charge in [0.1, 0.15) is 6.61 Å². The summed E-state index contributed by atoms with van der Waals surface area (Å²) in [4.78, 5) is 21.3. The predicted octanol–water partition coefficient (Wildman–Crippen LogP) is -0.496. The minimum absolute atomic E-state index is 0.00990. The van der Waals surface area contributed by atoms with Gasteiger partial charge in [0.2, 0.25) is 0 Å². The van der Waals surface area contributed by atoms with Crippen LogP contribution in [0.1, 0.15) is 0 Å². The number of Topliss-reactive ketones (excluding diaryl/α,β-unsaturated/α-hetero) is 1. The Morgan fingerprint density at radius 3 is 2.73 bits per heavy atom. The lowest BCUT2D eigenvalue weighted by Crippen LogP contribution is -2.27. The average Bonchev–Trinajstić information content (AvgIpc) is 2.00. The van der Waals surface area contributed by atoms with E-state index in [-0.39, 0.29) is 13.2 Å². The normalized spacial score (nSPS) is 8.82. The molecule has 0 aliphatic carbocycles. The fourth-order valence-corrected chi connectivity index (χ4v) is 0.448. The van der Waals surface area contributed by atoms with Crippen molar-refractivity contribution in [1.82, 2.24) is 5.32 Å². The second-order valence-corrected chi connectivity index (χ2v) is 1.84. The molecule has 0 unspecified atom stereocenters. The van der Waals surface area contributed by atoms with Crippen LogP contribution in [0.2, 0.25) is 0 Å². The maximum absolute atomic E-state index is 10.7. The lowest BCUT2D eigenvalue weighted by atomic mass is 10.4. The Bertz CT molecular complexity index is 165. The van der Waals surface area contributed by atoms with Gasteiger partial charge < -0.3 is 10.1 Å². The molecule has 0 aliphatic heterocycles. The van der Waals surface area contributed by atoms with Gasteiger partial charge in [0.05, 0.1) is 6.54 Å². The number of ether oxygens (including phenoxy) is 1. The van der Waals surface area contributed by atoms with Crippen molar-refractivity contribution < 1.29 is 14.3 Å². The molecule has 4 nitrogen and oxygen atoms in total. The molecule has 0 amide bonds. The molecule has 0 bridgehead atoms. The minimum Gasteiger partial charge on any atom is -0.456 e. The Morgan fingerprint density at radius 2 is 2.27 bits per heavy atom. The molecule has 0 aromatic rings. The molecule has 0 saturated heterocycles. The third kappa shape index (κ3) is 4.27. The first-order valence-electron chi connectivity index (χ1n) is 3.17. The Hall–Kier alpha value is -1.16. The van der Waals surface area contributed by atoms with Gasteiger partial charge in [0, 0.05) is 0 Å². The Balaban J connectivity index is 3.64. The highest BCUT2D eigenvalue weighted by Gasteiger charge is 2.12. The summed E-state index contributed by atoms with van der Waals surface area (Å²) in [6, 6.07) is 0. The predicted molar refractivity (Wildman–Crippen MR) is 40.1 cm³/mol. The summed E-state index contributed by atoms with van der Waals surface area (Å²) in [5, 5.41) is 2.55. The lowest BCUT2D eigenvalue weighted by molar-refractivity contribution is -0.152. The zero-order chi connectivity index (χ0) is 8.69. The first-order chi connectivity index (χ1) is 5.22. The standard InChI is InChI=1S/C7H11NO3/c1-3-4-11-7(10)6(9)5-8-2/h3,8H,1,4-5H2,2H3. The van der Waals surface area contributed by atoms with Crippen molar-refractivity contribution in [2.45, 2.75) is 0 Å². The van der Waals surface area contributed by atoms with Crippen LogP contribution in [0.4, 0.5) is 0 Å². The highest BCUT2D eigenvalue weighted by Crippen LogP contribution is 1.80. The van der Waals surface area contributed by atoms with Crippen LogP contribution in [0.15, 0.2) is 12.7 Å². The van der Waals surface area contributed by atoms with Gasteiger partial charge in [-0.3, -0.25) is 4.79 Å². The third-order valence-electron chi connectivity index (χ3n) is 0.897. The Morgan fingerprint density at radius 1 is 1.64 bits per heavy atom. The zero-order valence-corrected chi connectivity index (χ0v) is 6.42. The molecular weight excluding hydrogens is 146 g/mol. The molecule has 0 rings (SSSR count). The van der Waals surface area contributed by atoms with Gasteiger partial charge in [0.25, 0.3) is 5.78 Å². The van der Waals surface area contributed by atoms with Gasteiger partial charge in [-0.2, -0.15) is 0 Å².